The monoisotopic (exact) mass is 391 g/mol. The number of aromatic nitrogens is 2. The minimum Gasteiger partial charge on any atom is -0.478 e. The maximum Gasteiger partial charge on any atom is 0.337 e. The number of carboxylic acid groups (broad SMARTS) is 1. The summed E-state index contributed by atoms with van der Waals surface area (Å²) in [7, 11) is 1.88. The van der Waals surface area contributed by atoms with Gasteiger partial charge in [0, 0.05) is 24.8 Å². The van der Waals surface area contributed by atoms with Gasteiger partial charge in [-0.05, 0) is 35.1 Å². The molecule has 7 heteroatoms. The number of benzene rings is 1. The molecule has 1 N–H and O–H groups in total. The van der Waals surface area contributed by atoms with Crippen LogP contribution in [0.25, 0.3) is 5.65 Å². The lowest BCUT2D eigenvalue weighted by Crippen LogP contribution is -2.19. The Bertz CT molecular complexity index is 910. The Hall–Kier alpha value is -2.25. The number of halogens is 2. The summed E-state index contributed by atoms with van der Waals surface area (Å²) in [6.07, 6.45) is 3.24. The highest BCUT2D eigenvalue weighted by molar-refractivity contribution is 9.10. The molecule has 0 aliphatic rings. The fraction of sp³-hybridized carbons (Fsp3) is 0.176. The number of carboxylic acids is 1. The smallest absolute Gasteiger partial charge is 0.337 e. The number of hydrogen-bond donors (Lipinski definition) is 1. The Morgan fingerprint density at radius 1 is 1.38 bits per heavy atom. The first kappa shape index (κ1) is 16.6. The standard InChI is InChI=1S/C17H15BrFN3O2/c1-21(8-11-4-2-3-5-15(11)19)10-13-7-20-16-14(18)6-12(17(23)24)9-22(13)16/h2-7,9H,8,10H2,1H3,(H,23,24). The van der Waals surface area contributed by atoms with Gasteiger partial charge in [-0.25, -0.2) is 14.2 Å². The van der Waals surface area contributed by atoms with Crippen molar-refractivity contribution >= 4 is 27.5 Å². The average Bonchev–Trinajstić information content (AvgIpc) is 2.93. The zero-order chi connectivity index (χ0) is 17.3. The SMILES string of the molecule is CN(Cc1ccccc1F)Cc1cnc2c(Br)cc(C(=O)O)cn12. The van der Waals surface area contributed by atoms with Crippen molar-refractivity contribution in [1.82, 2.24) is 14.3 Å². The van der Waals surface area contributed by atoms with E-state index < -0.39 is 5.97 Å². The fourth-order valence-electron chi connectivity index (χ4n) is 2.58. The molecule has 0 spiro atoms. The molecular formula is C17H15BrFN3O2. The van der Waals surface area contributed by atoms with Gasteiger partial charge in [-0.15, -0.1) is 0 Å². The first-order valence-corrected chi connectivity index (χ1v) is 8.05. The van der Waals surface area contributed by atoms with Crippen LogP contribution in [0, 0.1) is 5.82 Å². The maximum atomic E-state index is 13.8. The Morgan fingerprint density at radius 3 is 2.83 bits per heavy atom. The molecule has 0 aliphatic heterocycles. The predicted molar refractivity (Wildman–Crippen MR) is 91.4 cm³/mol. The molecule has 0 fully saturated rings. The molecule has 124 valence electrons. The van der Waals surface area contributed by atoms with Gasteiger partial charge in [0.1, 0.15) is 5.82 Å². The van der Waals surface area contributed by atoms with Crippen molar-refractivity contribution in [2.24, 2.45) is 0 Å². The summed E-state index contributed by atoms with van der Waals surface area (Å²) in [5, 5.41) is 9.20. The Balaban J connectivity index is 1.87. The fourth-order valence-corrected chi connectivity index (χ4v) is 3.12. The second-order valence-electron chi connectivity index (χ2n) is 5.59. The van der Waals surface area contributed by atoms with Crippen LogP contribution in [0.5, 0.6) is 0 Å². The summed E-state index contributed by atoms with van der Waals surface area (Å²) in [5.41, 5.74) is 2.26. The average molecular weight is 392 g/mol. The minimum absolute atomic E-state index is 0.172. The molecule has 0 bridgehead atoms. The Morgan fingerprint density at radius 2 is 2.12 bits per heavy atom. The van der Waals surface area contributed by atoms with Crippen molar-refractivity contribution in [3.05, 3.63) is 69.8 Å². The summed E-state index contributed by atoms with van der Waals surface area (Å²) >= 11 is 3.35. The van der Waals surface area contributed by atoms with Crippen LogP contribution in [-0.2, 0) is 13.1 Å². The molecule has 3 rings (SSSR count). The van der Waals surface area contributed by atoms with Gasteiger partial charge in [0.15, 0.2) is 5.65 Å². The van der Waals surface area contributed by atoms with Crippen molar-refractivity contribution < 1.29 is 14.3 Å². The van der Waals surface area contributed by atoms with E-state index in [2.05, 4.69) is 20.9 Å². The van der Waals surface area contributed by atoms with E-state index in [4.69, 9.17) is 0 Å². The molecule has 0 unspecified atom stereocenters. The number of imidazole rings is 1. The van der Waals surface area contributed by atoms with Gasteiger partial charge in [0.2, 0.25) is 0 Å². The van der Waals surface area contributed by atoms with E-state index in [1.54, 1.807) is 35.0 Å². The van der Waals surface area contributed by atoms with E-state index in [9.17, 15) is 14.3 Å². The van der Waals surface area contributed by atoms with Gasteiger partial charge < -0.3 is 9.51 Å². The third kappa shape index (κ3) is 3.32. The van der Waals surface area contributed by atoms with Crippen LogP contribution < -0.4 is 0 Å². The summed E-state index contributed by atoms with van der Waals surface area (Å²) < 4.78 is 16.1. The first-order valence-electron chi connectivity index (χ1n) is 7.26. The second kappa shape index (κ2) is 6.70. The molecule has 0 amide bonds. The lowest BCUT2D eigenvalue weighted by atomic mass is 10.2. The van der Waals surface area contributed by atoms with Crippen molar-refractivity contribution in [3.8, 4) is 0 Å². The Kier molecular flexibility index (Phi) is 4.64. The summed E-state index contributed by atoms with van der Waals surface area (Å²) in [4.78, 5) is 17.5. The molecule has 2 aromatic heterocycles. The van der Waals surface area contributed by atoms with Crippen LogP contribution in [0.4, 0.5) is 4.39 Å². The second-order valence-corrected chi connectivity index (χ2v) is 6.44. The molecule has 0 saturated heterocycles. The molecule has 24 heavy (non-hydrogen) atoms. The third-order valence-electron chi connectivity index (χ3n) is 3.71. The number of carbonyl (C=O) groups is 1. The number of fused-ring (bicyclic) bond motifs is 1. The van der Waals surface area contributed by atoms with E-state index in [0.29, 0.717) is 28.8 Å². The quantitative estimate of drug-likeness (QED) is 0.722. The molecule has 0 atom stereocenters. The van der Waals surface area contributed by atoms with Gasteiger partial charge in [0.25, 0.3) is 0 Å². The van der Waals surface area contributed by atoms with Gasteiger partial charge in [-0.3, -0.25) is 4.90 Å². The number of nitrogens with zero attached hydrogens (tertiary/aromatic N) is 3. The Labute approximate surface area is 146 Å². The van der Waals surface area contributed by atoms with Crippen molar-refractivity contribution in [3.63, 3.8) is 0 Å². The van der Waals surface area contributed by atoms with Crippen LogP contribution in [0.1, 0.15) is 21.6 Å². The lowest BCUT2D eigenvalue weighted by molar-refractivity contribution is 0.0696. The number of aromatic carboxylic acids is 1. The maximum absolute atomic E-state index is 13.8. The molecule has 0 radical (unpaired) electrons. The van der Waals surface area contributed by atoms with Gasteiger partial charge in [-0.2, -0.15) is 0 Å². The number of rotatable bonds is 5. The van der Waals surface area contributed by atoms with Crippen LogP contribution in [0.15, 0.2) is 47.2 Å². The van der Waals surface area contributed by atoms with E-state index in [1.807, 2.05) is 11.9 Å². The van der Waals surface area contributed by atoms with E-state index in [0.717, 1.165) is 5.69 Å². The van der Waals surface area contributed by atoms with Gasteiger partial charge in [0.05, 0.1) is 21.9 Å². The third-order valence-corrected chi connectivity index (χ3v) is 4.30. The van der Waals surface area contributed by atoms with Crippen LogP contribution in [0.3, 0.4) is 0 Å². The van der Waals surface area contributed by atoms with Crippen molar-refractivity contribution in [2.45, 2.75) is 13.1 Å². The van der Waals surface area contributed by atoms with Gasteiger partial charge in [-0.1, -0.05) is 18.2 Å². The van der Waals surface area contributed by atoms with E-state index in [1.165, 1.54) is 12.1 Å². The number of hydrogen-bond acceptors (Lipinski definition) is 3. The zero-order valence-corrected chi connectivity index (χ0v) is 14.5. The minimum atomic E-state index is -1.00. The highest BCUT2D eigenvalue weighted by Crippen LogP contribution is 2.21. The zero-order valence-electron chi connectivity index (χ0n) is 12.9. The molecule has 1 aromatic carbocycles. The normalized spacial score (nSPS) is 11.3. The summed E-state index contributed by atoms with van der Waals surface area (Å²) in [5.74, 6) is -1.24. The lowest BCUT2D eigenvalue weighted by Gasteiger charge is -2.17. The first-order chi connectivity index (χ1) is 11.5. The van der Waals surface area contributed by atoms with E-state index in [-0.39, 0.29) is 11.4 Å². The molecule has 0 aliphatic carbocycles. The molecule has 2 heterocycles. The summed E-state index contributed by atoms with van der Waals surface area (Å²) in [6, 6.07) is 8.18. The highest BCUT2D eigenvalue weighted by Gasteiger charge is 2.14. The highest BCUT2D eigenvalue weighted by atomic mass is 79.9. The molecular weight excluding hydrogens is 377 g/mol. The molecule has 5 nitrogen and oxygen atoms in total. The van der Waals surface area contributed by atoms with Crippen molar-refractivity contribution in [2.75, 3.05) is 7.05 Å². The van der Waals surface area contributed by atoms with Crippen LogP contribution >= 0.6 is 15.9 Å². The van der Waals surface area contributed by atoms with Crippen LogP contribution in [-0.4, -0.2) is 32.4 Å². The largest absolute Gasteiger partial charge is 0.478 e. The van der Waals surface area contributed by atoms with Gasteiger partial charge >= 0.3 is 5.97 Å². The molecule has 3 aromatic rings. The van der Waals surface area contributed by atoms with E-state index >= 15 is 0 Å². The van der Waals surface area contributed by atoms with Crippen LogP contribution in [0.2, 0.25) is 0 Å². The van der Waals surface area contributed by atoms with Crippen molar-refractivity contribution in [1.29, 1.82) is 0 Å². The summed E-state index contributed by atoms with van der Waals surface area (Å²) in [6.45, 7) is 0.949. The molecule has 0 saturated carbocycles. The predicted octanol–water partition coefficient (Wildman–Crippen LogP) is 3.57. The number of pyridine rings is 1. The topological polar surface area (TPSA) is 57.8 Å².